The smallest absolute Gasteiger partial charge is 0.295 e. The van der Waals surface area contributed by atoms with Crippen LogP contribution >= 0.6 is 15.9 Å². The van der Waals surface area contributed by atoms with E-state index in [9.17, 15) is 14.5 Å². The van der Waals surface area contributed by atoms with Crippen molar-refractivity contribution in [2.24, 2.45) is 0 Å². The summed E-state index contributed by atoms with van der Waals surface area (Å²) in [6.07, 6.45) is 0. The van der Waals surface area contributed by atoms with Gasteiger partial charge >= 0.3 is 0 Å². The van der Waals surface area contributed by atoms with Gasteiger partial charge in [-0.1, -0.05) is 6.07 Å². The van der Waals surface area contributed by atoms with Gasteiger partial charge in [-0.2, -0.15) is 0 Å². The van der Waals surface area contributed by atoms with E-state index in [0.29, 0.717) is 12.4 Å². The van der Waals surface area contributed by atoms with Crippen LogP contribution in [0.4, 0.5) is 15.9 Å². The molecule has 0 aliphatic rings. The maximum absolute atomic E-state index is 14.1. The third-order valence-corrected chi connectivity index (χ3v) is 3.25. The maximum atomic E-state index is 14.1. The molecule has 0 radical (unpaired) electrons. The Bertz CT molecular complexity index is 664. The molecule has 0 saturated heterocycles. The number of nitrogens with one attached hydrogen (secondary N) is 1. The van der Waals surface area contributed by atoms with Gasteiger partial charge in [0.05, 0.1) is 9.40 Å². The van der Waals surface area contributed by atoms with Crippen molar-refractivity contribution in [2.75, 3.05) is 11.9 Å². The van der Waals surface area contributed by atoms with Crippen LogP contribution in [0.1, 0.15) is 6.92 Å². The fraction of sp³-hybridized carbons (Fsp3) is 0.154. The molecule has 1 N–H and O–H groups in total. The molecule has 2 aromatic rings. The van der Waals surface area contributed by atoms with E-state index in [0.717, 1.165) is 0 Å². The van der Waals surface area contributed by atoms with Crippen molar-refractivity contribution in [1.29, 1.82) is 0 Å². The number of anilines is 1. The SMILES string of the molecule is CCNc1ccc([N+](=O)[O-])c(-c2cccc(Br)c2F)n1. The molecule has 0 amide bonds. The number of rotatable bonds is 4. The van der Waals surface area contributed by atoms with E-state index in [1.807, 2.05) is 6.92 Å². The summed E-state index contributed by atoms with van der Waals surface area (Å²) in [6, 6.07) is 7.42. The minimum Gasteiger partial charge on any atom is -0.370 e. The number of benzene rings is 1. The summed E-state index contributed by atoms with van der Waals surface area (Å²) in [6.45, 7) is 2.49. The van der Waals surface area contributed by atoms with Crippen LogP contribution in [0, 0.1) is 15.9 Å². The Hall–Kier alpha value is -2.02. The third kappa shape index (κ3) is 2.77. The van der Waals surface area contributed by atoms with Gasteiger partial charge in [0, 0.05) is 18.2 Å². The van der Waals surface area contributed by atoms with Crippen LogP contribution in [0.3, 0.4) is 0 Å². The number of halogens is 2. The normalized spacial score (nSPS) is 10.3. The number of pyridine rings is 1. The van der Waals surface area contributed by atoms with Gasteiger partial charge in [-0.25, -0.2) is 9.37 Å². The topological polar surface area (TPSA) is 68.1 Å². The van der Waals surface area contributed by atoms with E-state index in [4.69, 9.17) is 0 Å². The molecule has 0 spiro atoms. The van der Waals surface area contributed by atoms with Crippen LogP contribution in [-0.4, -0.2) is 16.5 Å². The second-order valence-electron chi connectivity index (χ2n) is 3.95. The first-order valence-corrected chi connectivity index (χ1v) is 6.67. The number of aromatic nitrogens is 1. The summed E-state index contributed by atoms with van der Waals surface area (Å²) in [4.78, 5) is 14.6. The second kappa shape index (κ2) is 5.96. The quantitative estimate of drug-likeness (QED) is 0.675. The lowest BCUT2D eigenvalue weighted by Crippen LogP contribution is -2.03. The summed E-state index contributed by atoms with van der Waals surface area (Å²) < 4.78 is 14.4. The largest absolute Gasteiger partial charge is 0.370 e. The summed E-state index contributed by atoms with van der Waals surface area (Å²) in [5.74, 6) is -0.107. The van der Waals surface area contributed by atoms with Crippen molar-refractivity contribution >= 4 is 27.4 Å². The van der Waals surface area contributed by atoms with E-state index >= 15 is 0 Å². The monoisotopic (exact) mass is 339 g/mol. The number of hydrogen-bond donors (Lipinski definition) is 1. The number of hydrogen-bond acceptors (Lipinski definition) is 4. The highest BCUT2D eigenvalue weighted by Gasteiger charge is 2.21. The minimum atomic E-state index is -0.572. The average molecular weight is 340 g/mol. The Morgan fingerprint density at radius 2 is 2.15 bits per heavy atom. The molecule has 2 rings (SSSR count). The zero-order valence-electron chi connectivity index (χ0n) is 10.6. The van der Waals surface area contributed by atoms with Crippen LogP contribution in [0.2, 0.25) is 0 Å². The van der Waals surface area contributed by atoms with Crippen LogP contribution in [0.15, 0.2) is 34.8 Å². The first-order valence-electron chi connectivity index (χ1n) is 5.88. The predicted octanol–water partition coefficient (Wildman–Crippen LogP) is 3.99. The van der Waals surface area contributed by atoms with E-state index in [1.165, 1.54) is 24.3 Å². The fourth-order valence-electron chi connectivity index (χ4n) is 1.76. The van der Waals surface area contributed by atoms with Crippen LogP contribution in [-0.2, 0) is 0 Å². The molecule has 104 valence electrons. The van der Waals surface area contributed by atoms with Crippen LogP contribution < -0.4 is 5.32 Å². The van der Waals surface area contributed by atoms with Gasteiger partial charge in [0.25, 0.3) is 5.69 Å². The zero-order valence-corrected chi connectivity index (χ0v) is 12.1. The lowest BCUT2D eigenvalue weighted by atomic mass is 10.1. The van der Waals surface area contributed by atoms with E-state index in [1.54, 1.807) is 6.07 Å². The highest BCUT2D eigenvalue weighted by molar-refractivity contribution is 9.10. The molecule has 0 fully saturated rings. The van der Waals surface area contributed by atoms with Gasteiger partial charge in [0.1, 0.15) is 11.6 Å². The molecule has 7 heteroatoms. The Balaban J connectivity index is 2.66. The molecule has 1 heterocycles. The zero-order chi connectivity index (χ0) is 14.7. The summed E-state index contributed by atoms with van der Waals surface area (Å²) in [5, 5.41) is 14.0. The van der Waals surface area contributed by atoms with Crippen molar-refractivity contribution < 1.29 is 9.31 Å². The van der Waals surface area contributed by atoms with Gasteiger partial charge in [-0.3, -0.25) is 10.1 Å². The van der Waals surface area contributed by atoms with Gasteiger partial charge in [-0.05, 0) is 41.1 Å². The highest BCUT2D eigenvalue weighted by Crippen LogP contribution is 2.33. The van der Waals surface area contributed by atoms with Crippen molar-refractivity contribution in [3.05, 3.63) is 50.7 Å². The van der Waals surface area contributed by atoms with Crippen LogP contribution in [0.5, 0.6) is 0 Å². The van der Waals surface area contributed by atoms with E-state index in [-0.39, 0.29) is 21.4 Å². The number of nitro groups is 1. The Morgan fingerprint density at radius 1 is 1.40 bits per heavy atom. The molecule has 0 bridgehead atoms. The molecular formula is C13H11BrFN3O2. The standard InChI is InChI=1S/C13H11BrFN3O2/c1-2-16-11-7-6-10(18(19)20)13(17-11)8-4-3-5-9(14)12(8)15/h3-7H,2H2,1H3,(H,16,17). The Kier molecular flexibility index (Phi) is 4.29. The molecule has 1 aromatic carbocycles. The lowest BCUT2D eigenvalue weighted by Gasteiger charge is -2.08. The Morgan fingerprint density at radius 3 is 2.80 bits per heavy atom. The van der Waals surface area contributed by atoms with Crippen molar-refractivity contribution in [2.45, 2.75) is 6.92 Å². The molecule has 0 aliphatic carbocycles. The van der Waals surface area contributed by atoms with Gasteiger partial charge in [-0.15, -0.1) is 0 Å². The average Bonchev–Trinajstić information content (AvgIpc) is 2.42. The van der Waals surface area contributed by atoms with Gasteiger partial charge in [0.15, 0.2) is 5.69 Å². The second-order valence-corrected chi connectivity index (χ2v) is 4.81. The molecular weight excluding hydrogens is 329 g/mol. The lowest BCUT2D eigenvalue weighted by molar-refractivity contribution is -0.384. The first kappa shape index (κ1) is 14.4. The molecule has 0 unspecified atom stereocenters. The summed E-state index contributed by atoms with van der Waals surface area (Å²) >= 11 is 3.07. The van der Waals surface area contributed by atoms with Crippen molar-refractivity contribution in [1.82, 2.24) is 4.98 Å². The molecule has 0 saturated carbocycles. The minimum absolute atomic E-state index is 0.00671. The molecule has 0 atom stereocenters. The molecule has 0 aliphatic heterocycles. The van der Waals surface area contributed by atoms with E-state index in [2.05, 4.69) is 26.2 Å². The summed E-state index contributed by atoms with van der Waals surface area (Å²) in [7, 11) is 0. The molecule has 1 aromatic heterocycles. The molecule has 20 heavy (non-hydrogen) atoms. The van der Waals surface area contributed by atoms with Gasteiger partial charge < -0.3 is 5.32 Å². The molecule has 5 nitrogen and oxygen atoms in total. The van der Waals surface area contributed by atoms with Crippen LogP contribution in [0.25, 0.3) is 11.3 Å². The van der Waals surface area contributed by atoms with E-state index < -0.39 is 10.7 Å². The van der Waals surface area contributed by atoms with Crippen molar-refractivity contribution in [3.8, 4) is 11.3 Å². The number of nitrogens with zero attached hydrogens (tertiary/aromatic N) is 2. The van der Waals surface area contributed by atoms with Crippen molar-refractivity contribution in [3.63, 3.8) is 0 Å². The van der Waals surface area contributed by atoms with Gasteiger partial charge in [0.2, 0.25) is 0 Å². The highest BCUT2D eigenvalue weighted by atomic mass is 79.9. The third-order valence-electron chi connectivity index (χ3n) is 2.64. The predicted molar refractivity (Wildman–Crippen MR) is 78.1 cm³/mol. The fourth-order valence-corrected chi connectivity index (χ4v) is 2.13. The Labute approximate surface area is 123 Å². The maximum Gasteiger partial charge on any atom is 0.295 e. The first-order chi connectivity index (χ1) is 9.54. The summed E-state index contributed by atoms with van der Waals surface area (Å²) in [5.41, 5.74) is -0.137.